The van der Waals surface area contributed by atoms with Crippen molar-refractivity contribution in [1.82, 2.24) is 14.9 Å². The molecule has 1 spiro atoms. The first-order valence-corrected chi connectivity index (χ1v) is 9.27. The summed E-state index contributed by atoms with van der Waals surface area (Å²) < 4.78 is 11.5. The minimum absolute atomic E-state index is 0.0445. The maximum Gasteiger partial charge on any atom is 0.222 e. The van der Waals surface area contributed by atoms with Gasteiger partial charge in [0.05, 0.1) is 12.7 Å². The van der Waals surface area contributed by atoms with Crippen LogP contribution < -0.4 is 10.1 Å². The molecule has 1 aromatic heterocycles. The molecule has 0 aliphatic carbocycles. The summed E-state index contributed by atoms with van der Waals surface area (Å²) in [6.45, 7) is 3.79. The highest BCUT2D eigenvalue weighted by molar-refractivity contribution is 5.27. The molecule has 2 saturated heterocycles. The second-order valence-electron chi connectivity index (χ2n) is 7.25. The van der Waals surface area contributed by atoms with Crippen LogP contribution >= 0.6 is 0 Å². The van der Waals surface area contributed by atoms with E-state index in [1.54, 1.807) is 19.5 Å². The van der Waals surface area contributed by atoms with E-state index in [0.717, 1.165) is 51.3 Å². The first kappa shape index (κ1) is 17.2. The van der Waals surface area contributed by atoms with E-state index in [1.807, 2.05) is 18.2 Å². The Morgan fingerprint density at radius 2 is 2.08 bits per heavy atom. The minimum atomic E-state index is -0.0445. The molecule has 6 heteroatoms. The Morgan fingerprint density at radius 1 is 1.27 bits per heavy atom. The summed E-state index contributed by atoms with van der Waals surface area (Å²) in [6.07, 6.45) is 6.63. The van der Waals surface area contributed by atoms with Crippen LogP contribution in [0.4, 0.5) is 5.95 Å². The normalized spacial score (nSPS) is 26.1. The van der Waals surface area contributed by atoms with Gasteiger partial charge in [0.1, 0.15) is 5.75 Å². The van der Waals surface area contributed by atoms with E-state index in [-0.39, 0.29) is 5.60 Å². The summed E-state index contributed by atoms with van der Waals surface area (Å²) in [7, 11) is 1.70. The average molecular weight is 354 g/mol. The van der Waals surface area contributed by atoms with E-state index in [9.17, 15) is 0 Å². The van der Waals surface area contributed by atoms with Crippen molar-refractivity contribution in [2.45, 2.75) is 37.5 Å². The van der Waals surface area contributed by atoms with Crippen LogP contribution in [0.1, 0.15) is 24.8 Å². The van der Waals surface area contributed by atoms with Gasteiger partial charge in [-0.2, -0.15) is 0 Å². The topological polar surface area (TPSA) is 59.5 Å². The van der Waals surface area contributed by atoms with Crippen molar-refractivity contribution in [1.29, 1.82) is 0 Å². The van der Waals surface area contributed by atoms with Gasteiger partial charge in [-0.05, 0) is 43.0 Å². The largest absolute Gasteiger partial charge is 0.497 e. The Kier molecular flexibility index (Phi) is 5.04. The second kappa shape index (κ2) is 7.60. The molecule has 0 saturated carbocycles. The van der Waals surface area contributed by atoms with Crippen LogP contribution in [0, 0.1) is 0 Å². The molecule has 0 unspecified atom stereocenters. The van der Waals surface area contributed by atoms with E-state index < -0.39 is 0 Å². The molecule has 2 atom stereocenters. The number of hydrogen-bond donors (Lipinski definition) is 1. The smallest absolute Gasteiger partial charge is 0.222 e. The Hall–Kier alpha value is -2.18. The quantitative estimate of drug-likeness (QED) is 0.891. The van der Waals surface area contributed by atoms with Gasteiger partial charge in [-0.25, -0.2) is 9.97 Å². The van der Waals surface area contributed by atoms with Crippen molar-refractivity contribution < 1.29 is 9.47 Å². The summed E-state index contributed by atoms with van der Waals surface area (Å²) in [5.74, 6) is 1.61. The molecule has 2 aliphatic rings. The molecule has 0 bridgehead atoms. The second-order valence-corrected chi connectivity index (χ2v) is 7.25. The number of rotatable bonds is 5. The van der Waals surface area contributed by atoms with Gasteiger partial charge in [0.2, 0.25) is 5.95 Å². The van der Waals surface area contributed by atoms with E-state index >= 15 is 0 Å². The maximum atomic E-state index is 6.26. The maximum absolute atomic E-state index is 6.26. The van der Waals surface area contributed by atoms with Crippen LogP contribution in [0.5, 0.6) is 5.75 Å². The summed E-state index contributed by atoms with van der Waals surface area (Å²) in [5, 5.41) is 3.47. The van der Waals surface area contributed by atoms with Gasteiger partial charge in [-0.1, -0.05) is 12.1 Å². The summed E-state index contributed by atoms with van der Waals surface area (Å²) in [4.78, 5) is 11.1. The molecule has 6 nitrogen and oxygen atoms in total. The molecule has 0 radical (unpaired) electrons. The molecule has 4 rings (SSSR count). The standard InChI is InChI=1S/C20H26N4O2/c1-25-18-5-3-16(4-6-18)14-24-11-8-20(15-24)13-17(7-12-26-20)23-19-21-9-2-10-22-19/h2-6,9-10,17H,7-8,11-15H2,1H3,(H,21,22,23)/t17-,20+/m0/s1. The molecule has 2 aliphatic heterocycles. The molecule has 2 fully saturated rings. The van der Waals surface area contributed by atoms with E-state index in [2.05, 4.69) is 32.3 Å². The Morgan fingerprint density at radius 3 is 2.85 bits per heavy atom. The zero-order valence-corrected chi connectivity index (χ0v) is 15.2. The van der Waals surface area contributed by atoms with Gasteiger partial charge >= 0.3 is 0 Å². The van der Waals surface area contributed by atoms with Crippen molar-refractivity contribution in [3.05, 3.63) is 48.3 Å². The van der Waals surface area contributed by atoms with Crippen LogP contribution in [0.15, 0.2) is 42.7 Å². The number of ether oxygens (including phenoxy) is 2. The Balaban J connectivity index is 1.35. The molecular weight excluding hydrogens is 328 g/mol. The molecular formula is C20H26N4O2. The SMILES string of the molecule is COc1ccc(CN2CC[C@@]3(C[C@@H](Nc4ncccn4)CCO3)C2)cc1. The fourth-order valence-corrected chi connectivity index (χ4v) is 4.04. The van der Waals surface area contributed by atoms with Crippen molar-refractivity contribution >= 4 is 5.95 Å². The lowest BCUT2D eigenvalue weighted by molar-refractivity contribution is -0.0737. The predicted molar refractivity (Wildman–Crippen MR) is 100 cm³/mol. The lowest BCUT2D eigenvalue weighted by Crippen LogP contribution is -2.46. The fourth-order valence-electron chi connectivity index (χ4n) is 4.04. The zero-order valence-electron chi connectivity index (χ0n) is 15.2. The number of methoxy groups -OCH3 is 1. The Bertz CT molecular complexity index is 710. The lowest BCUT2D eigenvalue weighted by atomic mass is 9.89. The van der Waals surface area contributed by atoms with E-state index in [0.29, 0.717) is 12.0 Å². The number of nitrogens with zero attached hydrogens (tertiary/aromatic N) is 3. The summed E-state index contributed by atoms with van der Waals surface area (Å²) >= 11 is 0. The molecule has 1 N–H and O–H groups in total. The van der Waals surface area contributed by atoms with Gasteiger partial charge < -0.3 is 14.8 Å². The molecule has 26 heavy (non-hydrogen) atoms. The van der Waals surface area contributed by atoms with Gasteiger partial charge in [-0.3, -0.25) is 4.90 Å². The third-order valence-corrected chi connectivity index (χ3v) is 5.35. The fraction of sp³-hybridized carbons (Fsp3) is 0.500. The van der Waals surface area contributed by atoms with Gasteiger partial charge in [0, 0.05) is 44.7 Å². The van der Waals surface area contributed by atoms with Gasteiger partial charge in [0.15, 0.2) is 0 Å². The first-order valence-electron chi connectivity index (χ1n) is 9.27. The van der Waals surface area contributed by atoms with Crippen LogP contribution in [-0.4, -0.2) is 53.3 Å². The summed E-state index contributed by atoms with van der Waals surface area (Å²) in [6, 6.07) is 10.5. The third kappa shape index (κ3) is 3.97. The highest BCUT2D eigenvalue weighted by Gasteiger charge is 2.43. The summed E-state index contributed by atoms with van der Waals surface area (Å²) in [5.41, 5.74) is 1.27. The predicted octanol–water partition coefficient (Wildman–Crippen LogP) is 2.72. The van der Waals surface area contributed by atoms with Crippen LogP contribution in [-0.2, 0) is 11.3 Å². The first-order chi connectivity index (χ1) is 12.7. The van der Waals surface area contributed by atoms with Crippen molar-refractivity contribution in [2.75, 3.05) is 32.1 Å². The molecule has 3 heterocycles. The van der Waals surface area contributed by atoms with Crippen molar-refractivity contribution in [2.24, 2.45) is 0 Å². The average Bonchev–Trinajstić information content (AvgIpc) is 3.05. The lowest BCUT2D eigenvalue weighted by Gasteiger charge is -2.38. The number of benzene rings is 1. The van der Waals surface area contributed by atoms with Gasteiger partial charge in [-0.15, -0.1) is 0 Å². The van der Waals surface area contributed by atoms with Crippen LogP contribution in [0.3, 0.4) is 0 Å². The molecule has 2 aromatic rings. The number of aromatic nitrogens is 2. The number of hydrogen-bond acceptors (Lipinski definition) is 6. The van der Waals surface area contributed by atoms with Crippen LogP contribution in [0.25, 0.3) is 0 Å². The highest BCUT2D eigenvalue weighted by Crippen LogP contribution is 2.35. The van der Waals surface area contributed by atoms with E-state index in [1.165, 1.54) is 5.56 Å². The highest BCUT2D eigenvalue weighted by atomic mass is 16.5. The van der Waals surface area contributed by atoms with Crippen molar-refractivity contribution in [3.63, 3.8) is 0 Å². The number of likely N-dealkylation sites (tertiary alicyclic amines) is 1. The number of nitrogens with one attached hydrogen (secondary N) is 1. The number of anilines is 1. The minimum Gasteiger partial charge on any atom is -0.497 e. The van der Waals surface area contributed by atoms with E-state index in [4.69, 9.17) is 9.47 Å². The molecule has 1 aromatic carbocycles. The molecule has 138 valence electrons. The monoisotopic (exact) mass is 354 g/mol. The zero-order chi connectivity index (χ0) is 17.8. The van der Waals surface area contributed by atoms with Crippen molar-refractivity contribution in [3.8, 4) is 5.75 Å². The van der Waals surface area contributed by atoms with Crippen LogP contribution in [0.2, 0.25) is 0 Å². The molecule has 0 amide bonds. The van der Waals surface area contributed by atoms with Gasteiger partial charge in [0.25, 0.3) is 0 Å². The Labute approximate surface area is 154 Å². The third-order valence-electron chi connectivity index (χ3n) is 5.35.